The number of aliphatic hydroxyl groups is 1. The van der Waals surface area contributed by atoms with Gasteiger partial charge in [-0.1, -0.05) is 12.1 Å². The summed E-state index contributed by atoms with van der Waals surface area (Å²) in [4.78, 5) is 24.9. The number of nitrogens with zero attached hydrogens (tertiary/aromatic N) is 1. The van der Waals surface area contributed by atoms with Gasteiger partial charge in [-0.25, -0.2) is 4.79 Å². The van der Waals surface area contributed by atoms with Gasteiger partial charge in [0.25, 0.3) is 0 Å². The molecule has 1 atom stereocenters. The van der Waals surface area contributed by atoms with Gasteiger partial charge in [0.05, 0.1) is 6.10 Å². The van der Waals surface area contributed by atoms with Crippen LogP contribution >= 0.6 is 0 Å². The number of amides is 2. The van der Waals surface area contributed by atoms with E-state index in [1.807, 2.05) is 32.9 Å². The van der Waals surface area contributed by atoms with Gasteiger partial charge < -0.3 is 20.1 Å². The summed E-state index contributed by atoms with van der Waals surface area (Å²) in [6.45, 7) is 8.38. The number of carbonyl (C=O) groups excluding carboxylic acids is 2. The number of nitrogens with one attached hydrogen (secondary N) is 1. The Labute approximate surface area is 155 Å². The molecule has 0 aromatic heterocycles. The van der Waals surface area contributed by atoms with Crippen molar-refractivity contribution in [2.45, 2.75) is 58.7 Å². The molecule has 0 aliphatic carbocycles. The van der Waals surface area contributed by atoms with Gasteiger partial charge in [-0.15, -0.1) is 0 Å². The van der Waals surface area contributed by atoms with Gasteiger partial charge in [-0.05, 0) is 63.6 Å². The Balaban J connectivity index is 1.81. The summed E-state index contributed by atoms with van der Waals surface area (Å²) in [6, 6.07) is 7.27. The lowest BCUT2D eigenvalue weighted by Gasteiger charge is -2.34. The molecule has 1 aliphatic rings. The van der Waals surface area contributed by atoms with E-state index in [2.05, 4.69) is 5.32 Å². The van der Waals surface area contributed by atoms with Gasteiger partial charge >= 0.3 is 6.09 Å². The van der Waals surface area contributed by atoms with Crippen molar-refractivity contribution in [3.8, 4) is 0 Å². The van der Waals surface area contributed by atoms with Crippen LogP contribution in [0.15, 0.2) is 24.3 Å². The minimum atomic E-state index is -0.542. The van der Waals surface area contributed by atoms with Crippen LogP contribution in [0, 0.1) is 5.92 Å². The molecule has 6 nitrogen and oxygen atoms in total. The van der Waals surface area contributed by atoms with Crippen LogP contribution in [0.25, 0.3) is 0 Å². The van der Waals surface area contributed by atoms with E-state index in [0.717, 1.165) is 24.1 Å². The third kappa shape index (κ3) is 6.33. The summed E-state index contributed by atoms with van der Waals surface area (Å²) in [5.41, 5.74) is 1.08. The predicted octanol–water partition coefficient (Wildman–Crippen LogP) is 3.72. The number of rotatable bonds is 4. The standard InChI is InChI=1S/C20H30N2O4/c1-14(23)21-17-7-5-16(6-8-17)18(24)13-15-9-11-22(12-10-15)19(25)26-20(2,3)4/h5-8,15,18,24H,9-13H2,1-4H3,(H,21,23). The summed E-state index contributed by atoms with van der Waals surface area (Å²) in [6.07, 6.45) is 1.59. The van der Waals surface area contributed by atoms with Crippen LogP contribution in [0.4, 0.5) is 10.5 Å². The van der Waals surface area contributed by atoms with E-state index in [4.69, 9.17) is 4.74 Å². The Hall–Kier alpha value is -2.08. The maximum Gasteiger partial charge on any atom is 0.410 e. The summed E-state index contributed by atoms with van der Waals surface area (Å²) in [5.74, 6) is 0.258. The first-order valence-corrected chi connectivity index (χ1v) is 9.17. The Morgan fingerprint density at radius 1 is 1.23 bits per heavy atom. The lowest BCUT2D eigenvalue weighted by molar-refractivity contribution is -0.114. The van der Waals surface area contributed by atoms with Crippen molar-refractivity contribution in [2.24, 2.45) is 5.92 Å². The molecule has 2 rings (SSSR count). The number of carbonyl (C=O) groups is 2. The van der Waals surface area contributed by atoms with Gasteiger partial charge in [0, 0.05) is 25.7 Å². The SMILES string of the molecule is CC(=O)Nc1ccc(C(O)CC2CCN(C(=O)OC(C)(C)C)CC2)cc1. The zero-order chi connectivity index (χ0) is 19.3. The van der Waals surface area contributed by atoms with Gasteiger partial charge in [0.1, 0.15) is 5.60 Å². The van der Waals surface area contributed by atoms with Crippen molar-refractivity contribution in [3.05, 3.63) is 29.8 Å². The van der Waals surface area contributed by atoms with Crippen molar-refractivity contribution < 1.29 is 19.4 Å². The molecule has 0 saturated carbocycles. The number of anilines is 1. The maximum atomic E-state index is 12.1. The Morgan fingerprint density at radius 2 is 1.81 bits per heavy atom. The van der Waals surface area contributed by atoms with Crippen LogP contribution in [0.1, 0.15) is 58.6 Å². The van der Waals surface area contributed by atoms with E-state index < -0.39 is 11.7 Å². The van der Waals surface area contributed by atoms with E-state index in [9.17, 15) is 14.7 Å². The molecule has 1 aromatic carbocycles. The average Bonchev–Trinajstić information content (AvgIpc) is 2.54. The number of likely N-dealkylation sites (tertiary alicyclic amines) is 1. The van der Waals surface area contributed by atoms with E-state index in [0.29, 0.717) is 25.4 Å². The minimum Gasteiger partial charge on any atom is -0.444 e. The summed E-state index contributed by atoms with van der Waals surface area (Å²) < 4.78 is 5.41. The molecule has 6 heteroatoms. The number of hydrogen-bond donors (Lipinski definition) is 2. The van der Waals surface area contributed by atoms with Crippen molar-refractivity contribution in [2.75, 3.05) is 18.4 Å². The lowest BCUT2D eigenvalue weighted by Crippen LogP contribution is -2.41. The van der Waals surface area contributed by atoms with Gasteiger partial charge in [-0.3, -0.25) is 4.79 Å². The molecule has 2 N–H and O–H groups in total. The predicted molar refractivity (Wildman–Crippen MR) is 101 cm³/mol. The van der Waals surface area contributed by atoms with Crippen LogP contribution < -0.4 is 5.32 Å². The molecular formula is C20H30N2O4. The van der Waals surface area contributed by atoms with Crippen LogP contribution in [0.2, 0.25) is 0 Å². The van der Waals surface area contributed by atoms with Crippen molar-refractivity contribution in [3.63, 3.8) is 0 Å². The second kappa shape index (κ2) is 8.54. The molecule has 1 heterocycles. The zero-order valence-electron chi connectivity index (χ0n) is 16.1. The zero-order valence-corrected chi connectivity index (χ0v) is 16.1. The van der Waals surface area contributed by atoms with E-state index >= 15 is 0 Å². The van der Waals surface area contributed by atoms with Crippen LogP contribution in [-0.2, 0) is 9.53 Å². The third-order valence-corrected chi connectivity index (χ3v) is 4.44. The summed E-state index contributed by atoms with van der Waals surface area (Å²) in [7, 11) is 0. The van der Waals surface area contributed by atoms with Gasteiger partial charge in [-0.2, -0.15) is 0 Å². The topological polar surface area (TPSA) is 78.9 Å². The highest BCUT2D eigenvalue weighted by Gasteiger charge is 2.28. The van der Waals surface area contributed by atoms with Crippen LogP contribution in [0.3, 0.4) is 0 Å². The molecule has 2 amide bonds. The third-order valence-electron chi connectivity index (χ3n) is 4.44. The number of benzene rings is 1. The Bertz CT molecular complexity index is 614. The monoisotopic (exact) mass is 362 g/mol. The fourth-order valence-electron chi connectivity index (χ4n) is 3.12. The molecule has 1 saturated heterocycles. The molecule has 1 unspecified atom stereocenters. The Kier molecular flexibility index (Phi) is 6.64. The quantitative estimate of drug-likeness (QED) is 0.856. The number of hydrogen-bond acceptors (Lipinski definition) is 4. The molecule has 1 aromatic rings. The van der Waals surface area contributed by atoms with E-state index in [-0.39, 0.29) is 12.0 Å². The van der Waals surface area contributed by atoms with Gasteiger partial charge in [0.2, 0.25) is 5.91 Å². The van der Waals surface area contributed by atoms with E-state index in [1.54, 1.807) is 17.0 Å². The normalized spacial score (nSPS) is 16.9. The molecule has 0 spiro atoms. The first-order valence-electron chi connectivity index (χ1n) is 9.17. The van der Waals surface area contributed by atoms with Crippen molar-refractivity contribution >= 4 is 17.7 Å². The smallest absolute Gasteiger partial charge is 0.410 e. The number of piperidine rings is 1. The first kappa shape index (κ1) is 20.2. The average molecular weight is 362 g/mol. The fourth-order valence-corrected chi connectivity index (χ4v) is 3.12. The summed E-state index contributed by atoms with van der Waals surface area (Å²) >= 11 is 0. The fraction of sp³-hybridized carbons (Fsp3) is 0.600. The molecule has 1 aliphatic heterocycles. The first-order chi connectivity index (χ1) is 12.1. The number of aliphatic hydroxyl groups excluding tert-OH is 1. The largest absolute Gasteiger partial charge is 0.444 e. The second-order valence-electron chi connectivity index (χ2n) is 7.97. The highest BCUT2D eigenvalue weighted by molar-refractivity contribution is 5.88. The molecule has 1 fully saturated rings. The van der Waals surface area contributed by atoms with Crippen LogP contribution in [-0.4, -0.2) is 40.7 Å². The molecular weight excluding hydrogens is 332 g/mol. The van der Waals surface area contributed by atoms with Crippen molar-refractivity contribution in [1.29, 1.82) is 0 Å². The lowest BCUT2D eigenvalue weighted by atomic mass is 9.89. The maximum absolute atomic E-state index is 12.1. The second-order valence-corrected chi connectivity index (χ2v) is 7.97. The van der Waals surface area contributed by atoms with E-state index in [1.165, 1.54) is 6.92 Å². The minimum absolute atomic E-state index is 0.116. The van der Waals surface area contributed by atoms with Crippen molar-refractivity contribution in [1.82, 2.24) is 4.90 Å². The molecule has 0 radical (unpaired) electrons. The van der Waals surface area contributed by atoms with Crippen LogP contribution in [0.5, 0.6) is 0 Å². The van der Waals surface area contributed by atoms with Gasteiger partial charge in [0.15, 0.2) is 0 Å². The highest BCUT2D eigenvalue weighted by Crippen LogP contribution is 2.29. The summed E-state index contributed by atoms with van der Waals surface area (Å²) in [5, 5.41) is 13.2. The Morgan fingerprint density at radius 3 is 2.31 bits per heavy atom. The molecule has 144 valence electrons. The highest BCUT2D eigenvalue weighted by atomic mass is 16.6. The molecule has 26 heavy (non-hydrogen) atoms. The molecule has 0 bridgehead atoms. The number of ether oxygens (including phenoxy) is 1.